The number of aliphatic carboxylic acids is 1. The van der Waals surface area contributed by atoms with E-state index in [1.807, 2.05) is 6.92 Å². The van der Waals surface area contributed by atoms with Crippen LogP contribution in [-0.4, -0.2) is 53.5 Å². The Morgan fingerprint density at radius 2 is 2.33 bits per heavy atom. The van der Waals surface area contributed by atoms with E-state index in [9.17, 15) is 14.6 Å². The molecule has 1 amide bonds. The first kappa shape index (κ1) is 18.4. The van der Waals surface area contributed by atoms with Gasteiger partial charge in [-0.1, -0.05) is 18.1 Å². The van der Waals surface area contributed by atoms with Crippen molar-refractivity contribution in [1.29, 1.82) is 0 Å². The van der Waals surface area contributed by atoms with Crippen LogP contribution >= 0.6 is 11.3 Å². The normalized spacial score (nSPS) is 21.4. The summed E-state index contributed by atoms with van der Waals surface area (Å²) < 4.78 is 5.43. The van der Waals surface area contributed by atoms with Gasteiger partial charge in [0.2, 0.25) is 6.61 Å². The molecule has 1 aromatic heterocycles. The molecule has 10 heteroatoms. The fourth-order valence-electron chi connectivity index (χ4n) is 2.31. The second kappa shape index (κ2) is 8.81. The summed E-state index contributed by atoms with van der Waals surface area (Å²) in [5, 5.41) is 26.7. The fourth-order valence-corrected chi connectivity index (χ4v) is 3.01. The molecule has 1 unspecified atom stereocenters. The number of carbonyl (C=O) groups excluding carboxylic acids is 1. The van der Waals surface area contributed by atoms with Gasteiger partial charge in [0, 0.05) is 6.10 Å². The van der Waals surface area contributed by atoms with Crippen LogP contribution in [0, 0.1) is 0 Å². The summed E-state index contributed by atoms with van der Waals surface area (Å²) >= 11 is 1.27. The first-order valence-corrected chi connectivity index (χ1v) is 8.49. The number of hydrogen-bond acceptors (Lipinski definition) is 7. The molecule has 1 saturated heterocycles. The van der Waals surface area contributed by atoms with Gasteiger partial charge in [-0.05, 0) is 30.7 Å². The molecule has 0 spiro atoms. The van der Waals surface area contributed by atoms with Crippen LogP contribution in [0.5, 0.6) is 0 Å². The number of hydrogen-bond donors (Lipinski definition) is 3. The van der Waals surface area contributed by atoms with Gasteiger partial charge in [-0.15, -0.1) is 11.3 Å². The zero-order chi connectivity index (χ0) is 17.5. The number of nitrogens with zero attached hydrogens (tertiary/aromatic N) is 1. The number of rotatable bonds is 7. The van der Waals surface area contributed by atoms with E-state index in [1.54, 1.807) is 17.5 Å². The minimum Gasteiger partial charge on any atom is -0.479 e. The van der Waals surface area contributed by atoms with Gasteiger partial charge in [-0.2, -0.15) is 0 Å². The van der Waals surface area contributed by atoms with Crippen LogP contribution in [0.15, 0.2) is 22.7 Å². The van der Waals surface area contributed by atoms with E-state index in [4.69, 9.17) is 14.6 Å². The Labute approximate surface area is 143 Å². The van der Waals surface area contributed by atoms with Crippen molar-refractivity contribution >= 4 is 36.0 Å². The molecule has 0 aromatic carbocycles. The molecule has 2 heterocycles. The fraction of sp³-hybridized carbons (Fsp3) is 0.500. The van der Waals surface area contributed by atoms with Gasteiger partial charge in [-0.25, -0.2) is 4.79 Å². The van der Waals surface area contributed by atoms with Crippen LogP contribution in [0.25, 0.3) is 0 Å². The number of amides is 1. The first-order chi connectivity index (χ1) is 11.5. The molecule has 1 aromatic rings. The summed E-state index contributed by atoms with van der Waals surface area (Å²) in [4.78, 5) is 28.2. The highest BCUT2D eigenvalue weighted by Gasteiger charge is 2.36. The standard InChI is InChI=1S/C14H19BN2O6S/c1-2-9-5-6-11(15(21)23-9)16-14(20)13(10-4-3-7-24-10)17-22-8-12(18)19/h3-4,7,9,11,21H,2,5-6,8H2,1H3,(H,16,20)(H,18,19)/b17-13-/t9-,11?/m1/s1. The number of nitrogens with one attached hydrogen (secondary N) is 1. The van der Waals surface area contributed by atoms with E-state index >= 15 is 0 Å². The SMILES string of the molecule is CC[C@@H]1CCC(NC(=O)/C(=N\OCC(=O)O)c2cccs2)B(O)O1. The van der Waals surface area contributed by atoms with Crippen LogP contribution in [0.3, 0.4) is 0 Å². The lowest BCUT2D eigenvalue weighted by Crippen LogP contribution is -2.54. The lowest BCUT2D eigenvalue weighted by atomic mass is 9.72. The molecule has 2 atom stereocenters. The maximum atomic E-state index is 12.5. The molecule has 0 bridgehead atoms. The second-order valence-electron chi connectivity index (χ2n) is 5.30. The quantitative estimate of drug-likeness (QED) is 0.376. The van der Waals surface area contributed by atoms with Crippen LogP contribution < -0.4 is 5.32 Å². The van der Waals surface area contributed by atoms with Gasteiger partial charge in [-0.3, -0.25) is 4.79 Å². The van der Waals surface area contributed by atoms with Crippen LogP contribution in [0.1, 0.15) is 31.1 Å². The van der Waals surface area contributed by atoms with Crippen molar-refractivity contribution in [3.8, 4) is 0 Å². The monoisotopic (exact) mass is 354 g/mol. The maximum Gasteiger partial charge on any atom is 0.478 e. The number of carboxylic acid groups (broad SMARTS) is 1. The Morgan fingerprint density at radius 3 is 2.92 bits per heavy atom. The van der Waals surface area contributed by atoms with Crippen molar-refractivity contribution in [2.24, 2.45) is 5.16 Å². The molecule has 1 aliphatic rings. The summed E-state index contributed by atoms with van der Waals surface area (Å²) in [6.07, 6.45) is 2.10. The van der Waals surface area contributed by atoms with E-state index in [2.05, 4.69) is 10.5 Å². The van der Waals surface area contributed by atoms with E-state index in [-0.39, 0.29) is 11.8 Å². The topological polar surface area (TPSA) is 117 Å². The van der Waals surface area contributed by atoms with Crippen molar-refractivity contribution in [1.82, 2.24) is 5.32 Å². The highest BCUT2D eigenvalue weighted by molar-refractivity contribution is 7.13. The Bertz CT molecular complexity index is 594. The number of oxime groups is 1. The molecule has 0 radical (unpaired) electrons. The Morgan fingerprint density at radius 1 is 1.54 bits per heavy atom. The molecular formula is C14H19BN2O6S. The van der Waals surface area contributed by atoms with Crippen molar-refractivity contribution in [2.75, 3.05) is 6.61 Å². The Kier molecular flexibility index (Phi) is 6.77. The molecular weight excluding hydrogens is 335 g/mol. The van der Waals surface area contributed by atoms with E-state index in [0.717, 1.165) is 12.8 Å². The average molecular weight is 354 g/mol. The summed E-state index contributed by atoms with van der Waals surface area (Å²) in [7, 11) is -1.09. The number of thiophene rings is 1. The zero-order valence-corrected chi connectivity index (χ0v) is 14.0. The van der Waals surface area contributed by atoms with Gasteiger partial charge < -0.3 is 24.9 Å². The molecule has 1 aliphatic heterocycles. The van der Waals surface area contributed by atoms with E-state index in [0.29, 0.717) is 11.3 Å². The number of carbonyl (C=O) groups is 2. The zero-order valence-electron chi connectivity index (χ0n) is 13.2. The van der Waals surface area contributed by atoms with Crippen LogP contribution in [0.4, 0.5) is 0 Å². The lowest BCUT2D eigenvalue weighted by Gasteiger charge is -2.31. The molecule has 0 aliphatic carbocycles. The molecule has 2 rings (SSSR count). The van der Waals surface area contributed by atoms with Gasteiger partial charge in [0.1, 0.15) is 0 Å². The van der Waals surface area contributed by atoms with E-state index < -0.39 is 31.5 Å². The van der Waals surface area contributed by atoms with E-state index in [1.165, 1.54) is 11.3 Å². The second-order valence-corrected chi connectivity index (χ2v) is 6.25. The summed E-state index contributed by atoms with van der Waals surface area (Å²) in [5.41, 5.74) is -0.0314. The average Bonchev–Trinajstić information content (AvgIpc) is 3.07. The van der Waals surface area contributed by atoms with Crippen LogP contribution in [0.2, 0.25) is 0 Å². The minimum absolute atomic E-state index is 0.0162. The largest absolute Gasteiger partial charge is 0.479 e. The molecule has 1 fully saturated rings. The van der Waals surface area contributed by atoms with Crippen LogP contribution in [-0.2, 0) is 19.1 Å². The smallest absolute Gasteiger partial charge is 0.478 e. The van der Waals surface area contributed by atoms with Crippen molar-refractivity contribution in [3.63, 3.8) is 0 Å². The Balaban J connectivity index is 2.04. The van der Waals surface area contributed by atoms with Crippen molar-refractivity contribution in [2.45, 2.75) is 38.2 Å². The number of carboxylic acids is 1. The first-order valence-electron chi connectivity index (χ1n) is 7.61. The predicted octanol–water partition coefficient (Wildman–Crippen LogP) is 0.647. The highest BCUT2D eigenvalue weighted by atomic mass is 32.1. The maximum absolute atomic E-state index is 12.5. The molecule has 0 saturated carbocycles. The Hall–Kier alpha value is -1.91. The third-order valence-corrected chi connectivity index (χ3v) is 4.44. The van der Waals surface area contributed by atoms with Gasteiger partial charge in [0.05, 0.1) is 10.8 Å². The summed E-state index contributed by atoms with van der Waals surface area (Å²) in [6, 6.07) is 3.42. The highest BCUT2D eigenvalue weighted by Crippen LogP contribution is 2.19. The third kappa shape index (κ3) is 5.05. The molecule has 24 heavy (non-hydrogen) atoms. The van der Waals surface area contributed by atoms with Gasteiger partial charge >= 0.3 is 13.1 Å². The van der Waals surface area contributed by atoms with Crippen molar-refractivity contribution < 1.29 is 29.2 Å². The van der Waals surface area contributed by atoms with Gasteiger partial charge in [0.25, 0.3) is 5.91 Å². The summed E-state index contributed by atoms with van der Waals surface area (Å²) in [6.45, 7) is 1.33. The molecule has 130 valence electrons. The van der Waals surface area contributed by atoms with Crippen molar-refractivity contribution in [3.05, 3.63) is 22.4 Å². The predicted molar refractivity (Wildman–Crippen MR) is 88.7 cm³/mol. The minimum atomic E-state index is -1.19. The third-order valence-electron chi connectivity index (χ3n) is 3.56. The molecule has 8 nitrogen and oxygen atoms in total. The van der Waals surface area contributed by atoms with Gasteiger partial charge in [0.15, 0.2) is 5.71 Å². The summed E-state index contributed by atoms with van der Waals surface area (Å²) in [5.74, 6) is -2.29. The molecule has 3 N–H and O–H groups in total. The lowest BCUT2D eigenvalue weighted by molar-refractivity contribution is -0.142.